The molecule has 0 radical (unpaired) electrons. The monoisotopic (exact) mass is 205 g/mol. The highest BCUT2D eigenvalue weighted by atomic mass is 16.6. The molecule has 0 saturated heterocycles. The first kappa shape index (κ1) is 13.2. The third kappa shape index (κ3) is 7.82. The van der Waals surface area contributed by atoms with Gasteiger partial charge in [0.25, 0.3) is 0 Å². The Bertz CT molecular complexity index is 161. The van der Waals surface area contributed by atoms with Crippen molar-refractivity contribution in [3.63, 3.8) is 0 Å². The second-order valence-corrected chi connectivity index (χ2v) is 3.28. The van der Waals surface area contributed by atoms with E-state index in [-0.39, 0.29) is 12.7 Å². The van der Waals surface area contributed by atoms with E-state index >= 15 is 0 Å². The third-order valence-corrected chi connectivity index (χ3v) is 1.45. The standard InChI is InChI=1S/C9H19NO4/c1-7(2)14-9(12)10-5-4-8(11)6-13-3/h7-8,11H,4-6H2,1-3H3,(H,10,12). The molecule has 0 aromatic rings. The van der Waals surface area contributed by atoms with Crippen LogP contribution in [-0.4, -0.2) is 43.7 Å². The van der Waals surface area contributed by atoms with Crippen molar-refractivity contribution < 1.29 is 19.4 Å². The largest absolute Gasteiger partial charge is 0.447 e. The normalized spacial score (nSPS) is 12.6. The van der Waals surface area contributed by atoms with Crippen molar-refractivity contribution in [2.24, 2.45) is 0 Å². The van der Waals surface area contributed by atoms with Crippen LogP contribution in [0.4, 0.5) is 4.79 Å². The fourth-order valence-corrected chi connectivity index (χ4v) is 0.872. The Balaban J connectivity index is 3.39. The predicted molar refractivity (Wildman–Crippen MR) is 52.1 cm³/mol. The lowest BCUT2D eigenvalue weighted by atomic mass is 10.3. The Morgan fingerprint density at radius 2 is 2.14 bits per heavy atom. The zero-order valence-corrected chi connectivity index (χ0v) is 8.95. The van der Waals surface area contributed by atoms with E-state index < -0.39 is 12.2 Å². The Hall–Kier alpha value is -0.810. The van der Waals surface area contributed by atoms with E-state index in [0.717, 1.165) is 0 Å². The molecular weight excluding hydrogens is 186 g/mol. The van der Waals surface area contributed by atoms with Crippen LogP contribution >= 0.6 is 0 Å². The first-order valence-corrected chi connectivity index (χ1v) is 4.67. The van der Waals surface area contributed by atoms with E-state index in [4.69, 9.17) is 9.47 Å². The number of amides is 1. The van der Waals surface area contributed by atoms with Gasteiger partial charge in [0.05, 0.1) is 18.8 Å². The van der Waals surface area contributed by atoms with E-state index in [9.17, 15) is 9.90 Å². The number of aliphatic hydroxyl groups is 1. The van der Waals surface area contributed by atoms with Crippen LogP contribution in [0.25, 0.3) is 0 Å². The fraction of sp³-hybridized carbons (Fsp3) is 0.889. The number of carbonyl (C=O) groups excluding carboxylic acids is 1. The Morgan fingerprint density at radius 1 is 1.50 bits per heavy atom. The number of carbonyl (C=O) groups is 1. The molecule has 2 N–H and O–H groups in total. The van der Waals surface area contributed by atoms with Crippen LogP contribution in [0.5, 0.6) is 0 Å². The molecule has 1 atom stereocenters. The van der Waals surface area contributed by atoms with Crippen LogP contribution in [0.15, 0.2) is 0 Å². The van der Waals surface area contributed by atoms with Gasteiger partial charge in [-0.25, -0.2) is 4.79 Å². The molecule has 5 nitrogen and oxygen atoms in total. The summed E-state index contributed by atoms with van der Waals surface area (Å²) in [6.45, 7) is 4.22. The van der Waals surface area contributed by atoms with Gasteiger partial charge in [0.15, 0.2) is 0 Å². The van der Waals surface area contributed by atoms with E-state index in [1.807, 2.05) is 0 Å². The molecule has 0 aliphatic heterocycles. The molecule has 1 amide bonds. The zero-order valence-electron chi connectivity index (χ0n) is 8.95. The highest BCUT2D eigenvalue weighted by Crippen LogP contribution is 1.92. The van der Waals surface area contributed by atoms with E-state index in [2.05, 4.69) is 5.32 Å². The molecule has 0 bridgehead atoms. The van der Waals surface area contributed by atoms with Gasteiger partial charge in [0.2, 0.25) is 0 Å². The van der Waals surface area contributed by atoms with Crippen molar-refractivity contribution in [2.75, 3.05) is 20.3 Å². The summed E-state index contributed by atoms with van der Waals surface area (Å²) in [5.41, 5.74) is 0. The summed E-state index contributed by atoms with van der Waals surface area (Å²) >= 11 is 0. The highest BCUT2D eigenvalue weighted by Gasteiger charge is 2.06. The lowest BCUT2D eigenvalue weighted by Crippen LogP contribution is -2.30. The number of hydrogen-bond donors (Lipinski definition) is 2. The minimum atomic E-state index is -0.542. The zero-order chi connectivity index (χ0) is 11.0. The molecule has 0 aliphatic carbocycles. The van der Waals surface area contributed by atoms with Crippen molar-refractivity contribution in [1.82, 2.24) is 5.32 Å². The van der Waals surface area contributed by atoms with Gasteiger partial charge in [-0.15, -0.1) is 0 Å². The van der Waals surface area contributed by atoms with Crippen LogP contribution < -0.4 is 5.32 Å². The lowest BCUT2D eigenvalue weighted by molar-refractivity contribution is 0.0584. The molecule has 0 aromatic heterocycles. The molecule has 0 heterocycles. The van der Waals surface area contributed by atoms with E-state index in [1.165, 1.54) is 7.11 Å². The van der Waals surface area contributed by atoms with Gasteiger partial charge in [0.1, 0.15) is 0 Å². The van der Waals surface area contributed by atoms with Crippen LogP contribution in [0.3, 0.4) is 0 Å². The van der Waals surface area contributed by atoms with E-state index in [0.29, 0.717) is 13.0 Å². The van der Waals surface area contributed by atoms with Crippen molar-refractivity contribution >= 4 is 6.09 Å². The van der Waals surface area contributed by atoms with Crippen molar-refractivity contribution in [2.45, 2.75) is 32.5 Å². The molecule has 0 rings (SSSR count). The summed E-state index contributed by atoms with van der Waals surface area (Å²) in [6, 6.07) is 0. The topological polar surface area (TPSA) is 67.8 Å². The maximum atomic E-state index is 10.9. The Morgan fingerprint density at radius 3 is 2.64 bits per heavy atom. The van der Waals surface area contributed by atoms with Gasteiger partial charge in [-0.1, -0.05) is 0 Å². The average molecular weight is 205 g/mol. The van der Waals surface area contributed by atoms with Crippen molar-refractivity contribution in [3.05, 3.63) is 0 Å². The van der Waals surface area contributed by atoms with Crippen LogP contribution in [0.2, 0.25) is 0 Å². The number of alkyl carbamates (subject to hydrolysis) is 1. The van der Waals surface area contributed by atoms with Gasteiger partial charge in [-0.05, 0) is 20.3 Å². The first-order chi connectivity index (χ1) is 6.56. The smallest absolute Gasteiger partial charge is 0.407 e. The SMILES string of the molecule is COCC(O)CCNC(=O)OC(C)C. The molecule has 1 unspecified atom stereocenters. The molecule has 0 saturated carbocycles. The van der Waals surface area contributed by atoms with Gasteiger partial charge >= 0.3 is 6.09 Å². The van der Waals surface area contributed by atoms with E-state index in [1.54, 1.807) is 13.8 Å². The second-order valence-electron chi connectivity index (χ2n) is 3.28. The number of rotatable bonds is 6. The number of ether oxygens (including phenoxy) is 2. The lowest BCUT2D eigenvalue weighted by Gasteiger charge is -2.11. The molecular formula is C9H19NO4. The Kier molecular flexibility index (Phi) is 7.14. The van der Waals surface area contributed by atoms with Gasteiger partial charge < -0.3 is 19.9 Å². The highest BCUT2D eigenvalue weighted by molar-refractivity contribution is 5.67. The molecule has 0 aliphatic rings. The summed E-state index contributed by atoms with van der Waals surface area (Å²) in [7, 11) is 1.52. The Labute approximate surface area is 84.4 Å². The first-order valence-electron chi connectivity index (χ1n) is 4.67. The predicted octanol–water partition coefficient (Wildman–Crippen LogP) is 0.518. The quantitative estimate of drug-likeness (QED) is 0.663. The van der Waals surface area contributed by atoms with Crippen molar-refractivity contribution in [3.8, 4) is 0 Å². The van der Waals surface area contributed by atoms with Gasteiger partial charge in [-0.3, -0.25) is 0 Å². The minimum absolute atomic E-state index is 0.126. The number of hydrogen-bond acceptors (Lipinski definition) is 4. The summed E-state index contributed by atoms with van der Waals surface area (Å²) in [5, 5.41) is 11.8. The minimum Gasteiger partial charge on any atom is -0.447 e. The maximum Gasteiger partial charge on any atom is 0.407 e. The molecule has 5 heteroatoms. The number of methoxy groups -OCH3 is 1. The molecule has 14 heavy (non-hydrogen) atoms. The van der Waals surface area contributed by atoms with Gasteiger partial charge in [-0.2, -0.15) is 0 Å². The maximum absolute atomic E-state index is 10.9. The van der Waals surface area contributed by atoms with Gasteiger partial charge in [0, 0.05) is 13.7 Å². The summed E-state index contributed by atoms with van der Waals surface area (Å²) in [5.74, 6) is 0. The fourth-order valence-electron chi connectivity index (χ4n) is 0.872. The molecule has 0 aromatic carbocycles. The summed E-state index contributed by atoms with van der Waals surface area (Å²) < 4.78 is 9.56. The number of aliphatic hydroxyl groups excluding tert-OH is 1. The molecule has 0 spiro atoms. The molecule has 84 valence electrons. The second kappa shape index (κ2) is 7.58. The van der Waals surface area contributed by atoms with Crippen molar-refractivity contribution in [1.29, 1.82) is 0 Å². The molecule has 0 fully saturated rings. The summed E-state index contributed by atoms with van der Waals surface area (Å²) in [6.07, 6.45) is -0.663. The average Bonchev–Trinajstić information content (AvgIpc) is 2.02. The summed E-state index contributed by atoms with van der Waals surface area (Å²) in [4.78, 5) is 10.9. The van der Waals surface area contributed by atoms with Crippen LogP contribution in [-0.2, 0) is 9.47 Å². The van der Waals surface area contributed by atoms with Crippen LogP contribution in [0, 0.1) is 0 Å². The third-order valence-electron chi connectivity index (χ3n) is 1.45. The van der Waals surface area contributed by atoms with Crippen LogP contribution in [0.1, 0.15) is 20.3 Å². The number of nitrogens with one attached hydrogen (secondary N) is 1.